The predicted octanol–water partition coefficient (Wildman–Crippen LogP) is 1.66. The van der Waals surface area contributed by atoms with Gasteiger partial charge in [0, 0.05) is 12.8 Å². The zero-order valence-electron chi connectivity index (χ0n) is 9.58. The topological polar surface area (TPSA) is 97.5 Å². The lowest BCUT2D eigenvalue weighted by atomic mass is 10.2. The fourth-order valence-corrected chi connectivity index (χ4v) is 1.31. The molecule has 18 heavy (non-hydrogen) atoms. The van der Waals surface area contributed by atoms with Crippen molar-refractivity contribution in [1.29, 1.82) is 0 Å². The van der Waals surface area contributed by atoms with Crippen LogP contribution in [0.3, 0.4) is 0 Å². The van der Waals surface area contributed by atoms with Gasteiger partial charge in [-0.25, -0.2) is 4.79 Å². The van der Waals surface area contributed by atoms with Gasteiger partial charge in [0.2, 0.25) is 5.89 Å². The Labute approximate surface area is 102 Å². The monoisotopic (exact) mass is 249 g/mol. The zero-order valence-corrected chi connectivity index (χ0v) is 9.58. The Morgan fingerprint density at radius 1 is 1.39 bits per heavy atom. The Bertz CT molecular complexity index is 535. The van der Waals surface area contributed by atoms with E-state index in [0.29, 0.717) is 11.6 Å². The Balaban J connectivity index is 2.06. The van der Waals surface area contributed by atoms with Crippen LogP contribution in [0.15, 0.2) is 28.7 Å². The number of carboxylic acid groups (broad SMARTS) is 1. The molecule has 1 aromatic heterocycles. The maximum absolute atomic E-state index is 10.7. The van der Waals surface area contributed by atoms with E-state index in [1.54, 1.807) is 12.1 Å². The SMILES string of the molecule is COCc1nnc(Nc2ccc(C(=O)O)cc2)o1. The number of hydrogen-bond donors (Lipinski definition) is 2. The van der Waals surface area contributed by atoms with Crippen LogP contribution in [0, 0.1) is 0 Å². The molecule has 0 atom stereocenters. The number of methoxy groups -OCH3 is 1. The Morgan fingerprint density at radius 2 is 2.11 bits per heavy atom. The molecule has 0 aliphatic heterocycles. The minimum absolute atomic E-state index is 0.214. The van der Waals surface area contributed by atoms with Crippen LogP contribution < -0.4 is 5.32 Å². The van der Waals surface area contributed by atoms with E-state index in [4.69, 9.17) is 14.3 Å². The lowest BCUT2D eigenvalue weighted by Gasteiger charge is -2.01. The fourth-order valence-electron chi connectivity index (χ4n) is 1.31. The number of benzene rings is 1. The number of nitrogens with zero attached hydrogens (tertiary/aromatic N) is 2. The summed E-state index contributed by atoms with van der Waals surface area (Å²) in [6.45, 7) is 0.243. The molecule has 7 nitrogen and oxygen atoms in total. The van der Waals surface area contributed by atoms with Crippen molar-refractivity contribution in [3.8, 4) is 0 Å². The minimum Gasteiger partial charge on any atom is -0.478 e. The Hall–Kier alpha value is -2.41. The van der Waals surface area contributed by atoms with Gasteiger partial charge in [0.25, 0.3) is 0 Å². The number of anilines is 2. The normalized spacial score (nSPS) is 10.3. The summed E-state index contributed by atoms with van der Waals surface area (Å²) >= 11 is 0. The maximum atomic E-state index is 10.7. The summed E-state index contributed by atoms with van der Waals surface area (Å²) in [6, 6.07) is 6.42. The van der Waals surface area contributed by atoms with E-state index in [-0.39, 0.29) is 18.2 Å². The van der Waals surface area contributed by atoms with E-state index in [1.807, 2.05) is 0 Å². The van der Waals surface area contributed by atoms with E-state index in [9.17, 15) is 4.79 Å². The van der Waals surface area contributed by atoms with Crippen molar-refractivity contribution in [2.75, 3.05) is 12.4 Å². The van der Waals surface area contributed by atoms with Crippen LogP contribution in [0.5, 0.6) is 0 Å². The zero-order chi connectivity index (χ0) is 13.0. The van der Waals surface area contributed by atoms with Crippen LogP contribution in [0.2, 0.25) is 0 Å². The smallest absolute Gasteiger partial charge is 0.335 e. The number of rotatable bonds is 5. The molecule has 0 fully saturated rings. The maximum Gasteiger partial charge on any atom is 0.335 e. The molecule has 7 heteroatoms. The first-order valence-electron chi connectivity index (χ1n) is 5.11. The van der Waals surface area contributed by atoms with Crippen molar-refractivity contribution in [2.24, 2.45) is 0 Å². The quantitative estimate of drug-likeness (QED) is 0.831. The average molecular weight is 249 g/mol. The second-order valence-corrected chi connectivity index (χ2v) is 3.44. The van der Waals surface area contributed by atoms with Crippen LogP contribution in [0.25, 0.3) is 0 Å². The number of hydrogen-bond acceptors (Lipinski definition) is 6. The van der Waals surface area contributed by atoms with E-state index in [0.717, 1.165) is 0 Å². The number of aromatic carboxylic acids is 1. The lowest BCUT2D eigenvalue weighted by molar-refractivity contribution is 0.0697. The van der Waals surface area contributed by atoms with Crippen molar-refractivity contribution >= 4 is 17.7 Å². The molecule has 0 amide bonds. The van der Waals surface area contributed by atoms with Gasteiger partial charge in [0.15, 0.2) is 0 Å². The van der Waals surface area contributed by atoms with Gasteiger partial charge in [-0.3, -0.25) is 0 Å². The molecule has 0 saturated carbocycles. The molecule has 2 aromatic rings. The lowest BCUT2D eigenvalue weighted by Crippen LogP contribution is -1.96. The first kappa shape index (κ1) is 12.1. The minimum atomic E-state index is -0.971. The summed E-state index contributed by atoms with van der Waals surface area (Å²) in [5.41, 5.74) is 0.874. The molecule has 0 saturated heterocycles. The number of aromatic nitrogens is 2. The molecule has 0 bridgehead atoms. The van der Waals surface area contributed by atoms with Crippen LogP contribution in [0.1, 0.15) is 16.2 Å². The molecular formula is C11H11N3O4. The third-order valence-electron chi connectivity index (χ3n) is 2.12. The summed E-state index contributed by atoms with van der Waals surface area (Å²) < 4.78 is 10.1. The standard InChI is InChI=1S/C11H11N3O4/c1-17-6-9-13-14-11(18-9)12-8-4-2-7(3-5-8)10(15)16/h2-5H,6H2,1H3,(H,12,14)(H,15,16). The third-order valence-corrected chi connectivity index (χ3v) is 2.12. The van der Waals surface area contributed by atoms with E-state index in [1.165, 1.54) is 19.2 Å². The van der Waals surface area contributed by atoms with Gasteiger partial charge >= 0.3 is 12.0 Å². The molecule has 94 valence electrons. The van der Waals surface area contributed by atoms with Crippen molar-refractivity contribution < 1.29 is 19.1 Å². The highest BCUT2D eigenvalue weighted by molar-refractivity contribution is 5.88. The number of carbonyl (C=O) groups is 1. The van der Waals surface area contributed by atoms with Gasteiger partial charge in [-0.15, -0.1) is 5.10 Å². The number of carboxylic acids is 1. The van der Waals surface area contributed by atoms with Gasteiger partial charge in [-0.1, -0.05) is 5.10 Å². The molecule has 0 unspecified atom stereocenters. The van der Waals surface area contributed by atoms with E-state index < -0.39 is 5.97 Å². The third kappa shape index (κ3) is 2.83. The Morgan fingerprint density at radius 3 is 2.72 bits per heavy atom. The molecule has 1 aromatic carbocycles. The first-order valence-corrected chi connectivity index (χ1v) is 5.11. The summed E-state index contributed by atoms with van der Waals surface area (Å²) in [4.78, 5) is 10.7. The van der Waals surface area contributed by atoms with E-state index in [2.05, 4.69) is 15.5 Å². The van der Waals surface area contributed by atoms with Crippen molar-refractivity contribution in [1.82, 2.24) is 10.2 Å². The molecule has 0 aliphatic rings. The van der Waals surface area contributed by atoms with Gasteiger partial charge in [0.05, 0.1) is 5.56 Å². The second-order valence-electron chi connectivity index (χ2n) is 3.44. The molecule has 1 heterocycles. The van der Waals surface area contributed by atoms with Gasteiger partial charge in [0.1, 0.15) is 6.61 Å². The molecule has 2 rings (SSSR count). The highest BCUT2D eigenvalue weighted by Gasteiger charge is 2.06. The van der Waals surface area contributed by atoms with Gasteiger partial charge in [-0.05, 0) is 24.3 Å². The highest BCUT2D eigenvalue weighted by Crippen LogP contribution is 2.16. The average Bonchev–Trinajstić information content (AvgIpc) is 2.78. The highest BCUT2D eigenvalue weighted by atomic mass is 16.5. The van der Waals surface area contributed by atoms with Crippen LogP contribution >= 0.6 is 0 Å². The summed E-state index contributed by atoms with van der Waals surface area (Å²) in [5, 5.41) is 19.1. The second kappa shape index (κ2) is 5.28. The molecule has 0 aliphatic carbocycles. The molecule has 0 radical (unpaired) electrons. The summed E-state index contributed by atoms with van der Waals surface area (Å²) in [5.74, 6) is -0.608. The molecule has 2 N–H and O–H groups in total. The van der Waals surface area contributed by atoms with E-state index >= 15 is 0 Å². The van der Waals surface area contributed by atoms with Crippen molar-refractivity contribution in [2.45, 2.75) is 6.61 Å². The van der Waals surface area contributed by atoms with Crippen LogP contribution in [0.4, 0.5) is 11.7 Å². The van der Waals surface area contributed by atoms with Crippen LogP contribution in [-0.2, 0) is 11.3 Å². The fraction of sp³-hybridized carbons (Fsp3) is 0.182. The first-order chi connectivity index (χ1) is 8.69. The summed E-state index contributed by atoms with van der Waals surface area (Å²) in [7, 11) is 1.53. The van der Waals surface area contributed by atoms with Gasteiger partial charge < -0.3 is 19.6 Å². The predicted molar refractivity (Wildman–Crippen MR) is 61.7 cm³/mol. The van der Waals surface area contributed by atoms with Crippen molar-refractivity contribution in [3.05, 3.63) is 35.7 Å². The Kier molecular flexibility index (Phi) is 3.54. The largest absolute Gasteiger partial charge is 0.478 e. The molecular weight excluding hydrogens is 238 g/mol. The van der Waals surface area contributed by atoms with Gasteiger partial charge in [-0.2, -0.15) is 0 Å². The number of ether oxygens (including phenoxy) is 1. The number of nitrogens with one attached hydrogen (secondary N) is 1. The van der Waals surface area contributed by atoms with Crippen molar-refractivity contribution in [3.63, 3.8) is 0 Å². The summed E-state index contributed by atoms with van der Waals surface area (Å²) in [6.07, 6.45) is 0. The molecule has 0 spiro atoms. The van der Waals surface area contributed by atoms with Crippen LogP contribution in [-0.4, -0.2) is 28.4 Å².